The monoisotopic (exact) mass is 249 g/mol. The first-order valence-corrected chi connectivity index (χ1v) is 5.46. The summed E-state index contributed by atoms with van der Waals surface area (Å²) in [6, 6.07) is 4.71. The number of nitrogens with zero attached hydrogens (tertiary/aromatic N) is 2. The lowest BCUT2D eigenvalue weighted by molar-refractivity contribution is 0.0924. The number of hydrogen-bond donors (Lipinski definition) is 1. The first kappa shape index (κ1) is 10.9. The Morgan fingerprint density at radius 3 is 2.56 bits per heavy atom. The second-order valence-corrected chi connectivity index (χ2v) is 4.05. The predicted octanol–water partition coefficient (Wildman–Crippen LogP) is 1.57. The van der Waals surface area contributed by atoms with Crippen LogP contribution in [0, 0.1) is 11.6 Å². The summed E-state index contributed by atoms with van der Waals surface area (Å²) in [4.78, 5) is 11.5. The maximum absolute atomic E-state index is 13.1. The maximum atomic E-state index is 13.1. The highest BCUT2D eigenvalue weighted by molar-refractivity contribution is 5.94. The Morgan fingerprint density at radius 2 is 1.89 bits per heavy atom. The van der Waals surface area contributed by atoms with Crippen molar-refractivity contribution in [1.29, 1.82) is 0 Å². The molecule has 0 unspecified atom stereocenters. The highest BCUT2D eigenvalue weighted by Crippen LogP contribution is 2.22. The van der Waals surface area contributed by atoms with Crippen molar-refractivity contribution in [2.45, 2.75) is 6.54 Å². The normalized spacial score (nSPS) is 14.2. The topological polar surface area (TPSA) is 46.9 Å². The van der Waals surface area contributed by atoms with Gasteiger partial charge in [0.2, 0.25) is 0 Å². The Kier molecular flexibility index (Phi) is 2.36. The van der Waals surface area contributed by atoms with E-state index in [1.54, 1.807) is 0 Å². The molecule has 1 N–H and O–H groups in total. The number of amides is 1. The zero-order valence-electron chi connectivity index (χ0n) is 9.28. The van der Waals surface area contributed by atoms with Gasteiger partial charge in [-0.2, -0.15) is 5.10 Å². The summed E-state index contributed by atoms with van der Waals surface area (Å²) < 4.78 is 27.8. The van der Waals surface area contributed by atoms with Gasteiger partial charge in [-0.1, -0.05) is 0 Å². The maximum Gasteiger partial charge on any atom is 0.269 e. The van der Waals surface area contributed by atoms with Crippen molar-refractivity contribution in [1.82, 2.24) is 15.1 Å². The van der Waals surface area contributed by atoms with Crippen molar-refractivity contribution in [3.63, 3.8) is 0 Å². The quantitative estimate of drug-likeness (QED) is 0.834. The summed E-state index contributed by atoms with van der Waals surface area (Å²) in [6.45, 7) is 1.06. The number of rotatable bonds is 1. The molecule has 92 valence electrons. The minimum absolute atomic E-state index is 0.225. The minimum atomic E-state index is -0.666. The summed E-state index contributed by atoms with van der Waals surface area (Å²) in [6.07, 6.45) is 0. The lowest BCUT2D eigenvalue weighted by Gasteiger charge is -2.13. The van der Waals surface area contributed by atoms with Gasteiger partial charge in [-0.25, -0.2) is 8.78 Å². The number of aromatic nitrogens is 2. The smallest absolute Gasteiger partial charge is 0.269 e. The average molecular weight is 249 g/mol. The third-order valence-corrected chi connectivity index (χ3v) is 2.78. The van der Waals surface area contributed by atoms with Crippen LogP contribution in [0.4, 0.5) is 8.78 Å². The molecule has 0 radical (unpaired) electrons. The SMILES string of the molecule is O=C1NCCn2nc(-c3cc(F)cc(F)c3)cc21. The third-order valence-electron chi connectivity index (χ3n) is 2.78. The van der Waals surface area contributed by atoms with Crippen LogP contribution >= 0.6 is 0 Å². The molecule has 0 atom stereocenters. The van der Waals surface area contributed by atoms with Crippen LogP contribution in [0.2, 0.25) is 0 Å². The fourth-order valence-electron chi connectivity index (χ4n) is 1.98. The van der Waals surface area contributed by atoms with Crippen molar-refractivity contribution in [3.05, 3.63) is 41.6 Å². The summed E-state index contributed by atoms with van der Waals surface area (Å²) in [5, 5.41) is 6.85. The molecule has 1 aromatic carbocycles. The molecule has 4 nitrogen and oxygen atoms in total. The van der Waals surface area contributed by atoms with E-state index in [1.165, 1.54) is 22.9 Å². The lowest BCUT2D eigenvalue weighted by Crippen LogP contribution is -2.35. The van der Waals surface area contributed by atoms with E-state index >= 15 is 0 Å². The molecule has 1 aliphatic heterocycles. The molecule has 3 rings (SSSR count). The van der Waals surface area contributed by atoms with Gasteiger partial charge in [0, 0.05) is 18.2 Å². The number of hydrogen-bond acceptors (Lipinski definition) is 2. The third kappa shape index (κ3) is 1.75. The first-order chi connectivity index (χ1) is 8.63. The summed E-state index contributed by atoms with van der Waals surface area (Å²) >= 11 is 0. The van der Waals surface area contributed by atoms with E-state index in [2.05, 4.69) is 10.4 Å². The van der Waals surface area contributed by atoms with E-state index in [0.29, 0.717) is 30.0 Å². The second kappa shape index (κ2) is 3.90. The van der Waals surface area contributed by atoms with Crippen molar-refractivity contribution in [2.24, 2.45) is 0 Å². The Balaban J connectivity index is 2.10. The predicted molar refractivity (Wildman–Crippen MR) is 59.9 cm³/mol. The Labute approximate surface area is 101 Å². The second-order valence-electron chi connectivity index (χ2n) is 4.05. The fraction of sp³-hybridized carbons (Fsp3) is 0.167. The van der Waals surface area contributed by atoms with Crippen molar-refractivity contribution in [2.75, 3.05) is 6.54 Å². The minimum Gasteiger partial charge on any atom is -0.349 e. The van der Waals surface area contributed by atoms with Crippen molar-refractivity contribution < 1.29 is 13.6 Å². The van der Waals surface area contributed by atoms with E-state index in [0.717, 1.165) is 6.07 Å². The Hall–Kier alpha value is -2.24. The van der Waals surface area contributed by atoms with Crippen LogP contribution in [0.5, 0.6) is 0 Å². The number of nitrogens with one attached hydrogen (secondary N) is 1. The van der Waals surface area contributed by atoms with Crippen LogP contribution in [-0.4, -0.2) is 22.2 Å². The van der Waals surface area contributed by atoms with E-state index in [4.69, 9.17) is 0 Å². The highest BCUT2D eigenvalue weighted by Gasteiger charge is 2.20. The van der Waals surface area contributed by atoms with Crippen LogP contribution in [0.15, 0.2) is 24.3 Å². The molecule has 0 saturated carbocycles. The number of benzene rings is 1. The van der Waals surface area contributed by atoms with E-state index in [1.807, 2.05) is 0 Å². The van der Waals surface area contributed by atoms with Gasteiger partial charge in [-0.05, 0) is 18.2 Å². The summed E-state index contributed by atoms with van der Waals surface area (Å²) in [5.74, 6) is -1.56. The molecule has 2 heterocycles. The van der Waals surface area contributed by atoms with E-state index in [9.17, 15) is 13.6 Å². The Morgan fingerprint density at radius 1 is 1.17 bits per heavy atom. The zero-order valence-corrected chi connectivity index (χ0v) is 9.28. The molecule has 6 heteroatoms. The van der Waals surface area contributed by atoms with Crippen LogP contribution < -0.4 is 5.32 Å². The van der Waals surface area contributed by atoms with Crippen LogP contribution in [0.25, 0.3) is 11.3 Å². The fourth-order valence-corrected chi connectivity index (χ4v) is 1.98. The van der Waals surface area contributed by atoms with Crippen molar-refractivity contribution >= 4 is 5.91 Å². The van der Waals surface area contributed by atoms with Gasteiger partial charge < -0.3 is 5.32 Å². The van der Waals surface area contributed by atoms with E-state index in [-0.39, 0.29) is 5.91 Å². The molecule has 1 aliphatic rings. The van der Waals surface area contributed by atoms with Gasteiger partial charge in [-0.15, -0.1) is 0 Å². The molecule has 0 fully saturated rings. The van der Waals surface area contributed by atoms with E-state index < -0.39 is 11.6 Å². The summed E-state index contributed by atoms with van der Waals surface area (Å²) in [5.41, 5.74) is 1.11. The molecular formula is C12H9F2N3O. The molecule has 18 heavy (non-hydrogen) atoms. The van der Waals surface area contributed by atoms with Crippen molar-refractivity contribution in [3.8, 4) is 11.3 Å². The molecule has 0 aliphatic carbocycles. The zero-order chi connectivity index (χ0) is 12.7. The van der Waals surface area contributed by atoms with Crippen LogP contribution in [0.3, 0.4) is 0 Å². The van der Waals surface area contributed by atoms with Gasteiger partial charge >= 0.3 is 0 Å². The standard InChI is InChI=1S/C12H9F2N3O/c13-8-3-7(4-9(14)5-8)10-6-11-12(18)15-1-2-17(11)16-10/h3-6H,1-2H2,(H,15,18). The average Bonchev–Trinajstić information content (AvgIpc) is 2.73. The number of fused-ring (bicyclic) bond motifs is 1. The van der Waals surface area contributed by atoms with Gasteiger partial charge in [0.1, 0.15) is 17.3 Å². The molecule has 0 saturated heterocycles. The number of carbonyl (C=O) groups excluding carboxylic acids is 1. The molecule has 1 aromatic heterocycles. The number of carbonyl (C=O) groups is 1. The molecular weight excluding hydrogens is 240 g/mol. The molecule has 0 bridgehead atoms. The van der Waals surface area contributed by atoms with Gasteiger partial charge in [-0.3, -0.25) is 9.48 Å². The van der Waals surface area contributed by atoms with Gasteiger partial charge in [0.25, 0.3) is 5.91 Å². The molecule has 1 amide bonds. The lowest BCUT2D eigenvalue weighted by atomic mass is 10.1. The number of halogens is 2. The molecule has 2 aromatic rings. The Bertz CT molecular complexity index is 616. The van der Waals surface area contributed by atoms with Crippen LogP contribution in [-0.2, 0) is 6.54 Å². The first-order valence-electron chi connectivity index (χ1n) is 5.46. The summed E-state index contributed by atoms with van der Waals surface area (Å²) in [7, 11) is 0. The largest absolute Gasteiger partial charge is 0.349 e. The molecule has 0 spiro atoms. The highest BCUT2D eigenvalue weighted by atomic mass is 19.1. The van der Waals surface area contributed by atoms with Gasteiger partial charge in [0.15, 0.2) is 0 Å². The van der Waals surface area contributed by atoms with Gasteiger partial charge in [0.05, 0.1) is 12.2 Å². The van der Waals surface area contributed by atoms with Crippen LogP contribution in [0.1, 0.15) is 10.5 Å².